The first-order valence-electron chi connectivity index (χ1n) is 3.43. The highest BCUT2D eigenvalue weighted by Crippen LogP contribution is 1.80. The number of hydrogen-bond donors (Lipinski definition) is 3. The average Bonchev–Trinajstić information content (AvgIpc) is 2.03. The summed E-state index contributed by atoms with van der Waals surface area (Å²) in [5.74, 6) is -1.65. The van der Waals surface area contributed by atoms with Gasteiger partial charge in [-0.3, -0.25) is 14.9 Å². The number of amides is 4. The SMILES string of the molecule is CC(NC(=O)NC(=O)CCl)C(N)=O. The second-order valence-electron chi connectivity index (χ2n) is 2.28. The fourth-order valence-electron chi connectivity index (χ4n) is 0.464. The van der Waals surface area contributed by atoms with Crippen LogP contribution < -0.4 is 16.4 Å². The third-order valence-corrected chi connectivity index (χ3v) is 1.39. The number of halogens is 1. The zero-order chi connectivity index (χ0) is 10.4. The summed E-state index contributed by atoms with van der Waals surface area (Å²) in [6, 6.07) is -1.62. The van der Waals surface area contributed by atoms with Gasteiger partial charge in [0.25, 0.3) is 0 Å². The molecular formula is C6H10ClN3O3. The van der Waals surface area contributed by atoms with Crippen molar-refractivity contribution in [2.24, 2.45) is 5.73 Å². The van der Waals surface area contributed by atoms with E-state index in [0.717, 1.165) is 0 Å². The topological polar surface area (TPSA) is 101 Å². The second kappa shape index (κ2) is 5.36. The number of imide groups is 1. The number of hydrogen-bond acceptors (Lipinski definition) is 3. The van der Waals surface area contributed by atoms with Gasteiger partial charge in [0.2, 0.25) is 11.8 Å². The van der Waals surface area contributed by atoms with Gasteiger partial charge in [0.1, 0.15) is 11.9 Å². The zero-order valence-corrected chi connectivity index (χ0v) is 7.72. The fourth-order valence-corrected chi connectivity index (χ4v) is 0.531. The first-order chi connectivity index (χ1) is 5.97. The molecule has 6 nitrogen and oxygen atoms in total. The maximum Gasteiger partial charge on any atom is 0.322 e. The van der Waals surface area contributed by atoms with E-state index in [4.69, 9.17) is 17.3 Å². The number of urea groups is 1. The van der Waals surface area contributed by atoms with E-state index in [1.54, 1.807) is 0 Å². The summed E-state index contributed by atoms with van der Waals surface area (Å²) in [6.07, 6.45) is 0. The van der Waals surface area contributed by atoms with E-state index in [2.05, 4.69) is 5.32 Å². The van der Waals surface area contributed by atoms with Crippen molar-refractivity contribution >= 4 is 29.4 Å². The Morgan fingerprint density at radius 3 is 2.38 bits per heavy atom. The van der Waals surface area contributed by atoms with Gasteiger partial charge in [-0.15, -0.1) is 11.6 Å². The summed E-state index contributed by atoms with van der Waals surface area (Å²) in [5.41, 5.74) is 4.86. The van der Waals surface area contributed by atoms with E-state index in [0.29, 0.717) is 0 Å². The standard InChI is InChI=1S/C6H10ClN3O3/c1-3(5(8)12)9-6(13)10-4(11)2-7/h3H,2H2,1H3,(H2,8,12)(H2,9,10,11,13). The lowest BCUT2D eigenvalue weighted by molar-refractivity contribution is -0.120. The zero-order valence-electron chi connectivity index (χ0n) is 6.96. The van der Waals surface area contributed by atoms with Gasteiger partial charge in [0, 0.05) is 0 Å². The summed E-state index contributed by atoms with van der Waals surface area (Å²) >= 11 is 5.11. The van der Waals surface area contributed by atoms with Gasteiger partial charge in [0.05, 0.1) is 0 Å². The molecule has 1 atom stereocenters. The van der Waals surface area contributed by atoms with Crippen LogP contribution in [-0.2, 0) is 9.59 Å². The summed E-state index contributed by atoms with van der Waals surface area (Å²) in [7, 11) is 0. The fraction of sp³-hybridized carbons (Fsp3) is 0.500. The molecular weight excluding hydrogens is 198 g/mol. The maximum atomic E-state index is 10.8. The van der Waals surface area contributed by atoms with Crippen LogP contribution in [0.1, 0.15) is 6.92 Å². The van der Waals surface area contributed by atoms with E-state index in [9.17, 15) is 14.4 Å². The Morgan fingerprint density at radius 2 is 2.00 bits per heavy atom. The number of rotatable bonds is 3. The molecule has 7 heteroatoms. The number of carbonyl (C=O) groups excluding carboxylic acids is 3. The number of primary amides is 1. The van der Waals surface area contributed by atoms with Crippen molar-refractivity contribution in [1.82, 2.24) is 10.6 Å². The molecule has 4 N–H and O–H groups in total. The van der Waals surface area contributed by atoms with Gasteiger partial charge in [-0.2, -0.15) is 0 Å². The predicted octanol–water partition coefficient (Wildman–Crippen LogP) is -1.08. The molecule has 0 aromatic heterocycles. The Bertz CT molecular complexity index is 231. The van der Waals surface area contributed by atoms with Crippen LogP contribution >= 0.6 is 11.6 Å². The highest BCUT2D eigenvalue weighted by Gasteiger charge is 2.13. The van der Waals surface area contributed by atoms with Crippen LogP contribution in [0.3, 0.4) is 0 Å². The highest BCUT2D eigenvalue weighted by atomic mass is 35.5. The third-order valence-electron chi connectivity index (χ3n) is 1.15. The molecule has 0 aliphatic rings. The van der Waals surface area contributed by atoms with E-state index < -0.39 is 23.9 Å². The molecule has 0 saturated heterocycles. The van der Waals surface area contributed by atoms with E-state index >= 15 is 0 Å². The van der Waals surface area contributed by atoms with Crippen LogP contribution in [0, 0.1) is 0 Å². The maximum absolute atomic E-state index is 10.8. The molecule has 0 bridgehead atoms. The van der Waals surface area contributed by atoms with E-state index in [-0.39, 0.29) is 5.88 Å². The van der Waals surface area contributed by atoms with Crippen molar-refractivity contribution in [3.8, 4) is 0 Å². The number of nitrogens with one attached hydrogen (secondary N) is 2. The quantitative estimate of drug-likeness (QED) is 0.514. The Kier molecular flexibility index (Phi) is 4.83. The van der Waals surface area contributed by atoms with E-state index in [1.165, 1.54) is 6.92 Å². The molecule has 4 amide bonds. The molecule has 0 aliphatic heterocycles. The van der Waals surface area contributed by atoms with Gasteiger partial charge in [0.15, 0.2) is 0 Å². The van der Waals surface area contributed by atoms with Crippen molar-refractivity contribution in [2.45, 2.75) is 13.0 Å². The average molecular weight is 208 g/mol. The number of carbonyl (C=O) groups is 3. The first kappa shape index (κ1) is 11.7. The Labute approximate surface area is 79.8 Å². The lowest BCUT2D eigenvalue weighted by atomic mass is 10.3. The van der Waals surface area contributed by atoms with E-state index in [1.807, 2.05) is 5.32 Å². The van der Waals surface area contributed by atoms with Gasteiger partial charge in [-0.25, -0.2) is 4.79 Å². The number of nitrogens with two attached hydrogens (primary N) is 1. The molecule has 74 valence electrons. The molecule has 0 aliphatic carbocycles. The smallest absolute Gasteiger partial charge is 0.322 e. The molecule has 0 fully saturated rings. The molecule has 0 spiro atoms. The van der Waals surface area contributed by atoms with Gasteiger partial charge >= 0.3 is 6.03 Å². The molecule has 0 aromatic rings. The van der Waals surface area contributed by atoms with Crippen LogP contribution in [0.4, 0.5) is 4.79 Å². The summed E-state index contributed by atoms with van der Waals surface area (Å²) in [4.78, 5) is 31.8. The highest BCUT2D eigenvalue weighted by molar-refractivity contribution is 6.28. The molecule has 0 aromatic carbocycles. The second-order valence-corrected chi connectivity index (χ2v) is 2.55. The minimum absolute atomic E-state index is 0.321. The minimum atomic E-state index is -0.830. The van der Waals surface area contributed by atoms with Gasteiger partial charge < -0.3 is 11.1 Å². The van der Waals surface area contributed by atoms with Crippen LogP contribution in [-0.4, -0.2) is 29.8 Å². The Morgan fingerprint density at radius 1 is 1.46 bits per heavy atom. The van der Waals surface area contributed by atoms with Crippen LogP contribution in [0.2, 0.25) is 0 Å². The summed E-state index contributed by atoms with van der Waals surface area (Å²) < 4.78 is 0. The minimum Gasteiger partial charge on any atom is -0.368 e. The lowest BCUT2D eigenvalue weighted by Crippen LogP contribution is -2.48. The van der Waals surface area contributed by atoms with Gasteiger partial charge in [-0.05, 0) is 6.92 Å². The lowest BCUT2D eigenvalue weighted by Gasteiger charge is -2.09. The Hall–Kier alpha value is -1.30. The molecule has 0 saturated carbocycles. The molecule has 1 unspecified atom stereocenters. The van der Waals surface area contributed by atoms with Crippen molar-refractivity contribution in [2.75, 3.05) is 5.88 Å². The van der Waals surface area contributed by atoms with Crippen LogP contribution in [0.25, 0.3) is 0 Å². The third kappa shape index (κ3) is 5.02. The van der Waals surface area contributed by atoms with Crippen molar-refractivity contribution < 1.29 is 14.4 Å². The Balaban J connectivity index is 3.88. The van der Waals surface area contributed by atoms with Crippen LogP contribution in [0.5, 0.6) is 0 Å². The summed E-state index contributed by atoms with van der Waals surface area (Å²) in [6.45, 7) is 1.40. The molecule has 0 radical (unpaired) electrons. The van der Waals surface area contributed by atoms with Crippen molar-refractivity contribution in [3.05, 3.63) is 0 Å². The molecule has 13 heavy (non-hydrogen) atoms. The normalized spacial score (nSPS) is 11.5. The predicted molar refractivity (Wildman–Crippen MR) is 46.1 cm³/mol. The molecule has 0 heterocycles. The van der Waals surface area contributed by atoms with Crippen molar-refractivity contribution in [3.63, 3.8) is 0 Å². The monoisotopic (exact) mass is 207 g/mol. The number of alkyl halides is 1. The largest absolute Gasteiger partial charge is 0.368 e. The molecule has 0 rings (SSSR count). The van der Waals surface area contributed by atoms with Crippen molar-refractivity contribution in [1.29, 1.82) is 0 Å². The van der Waals surface area contributed by atoms with Crippen LogP contribution in [0.15, 0.2) is 0 Å². The van der Waals surface area contributed by atoms with Gasteiger partial charge in [-0.1, -0.05) is 0 Å². The summed E-state index contributed by atoms with van der Waals surface area (Å²) in [5, 5.41) is 4.03. The first-order valence-corrected chi connectivity index (χ1v) is 3.96.